The van der Waals surface area contributed by atoms with Crippen LogP contribution in [0.15, 0.2) is 17.4 Å². The zero-order chi connectivity index (χ0) is 16.3. The van der Waals surface area contributed by atoms with Crippen LogP contribution >= 0.6 is 11.8 Å². The Labute approximate surface area is 129 Å². The third-order valence-electron chi connectivity index (χ3n) is 2.27. The molecule has 0 atom stereocenters. The van der Waals surface area contributed by atoms with Gasteiger partial charge in [-0.25, -0.2) is 9.97 Å². The third-order valence-corrected chi connectivity index (χ3v) is 2.83. The smallest absolute Gasteiger partial charge is 0.216 e. The molecule has 0 aliphatic heterocycles. The first-order chi connectivity index (χ1) is 10.0. The molecule has 0 aliphatic carbocycles. The van der Waals surface area contributed by atoms with E-state index in [1.165, 1.54) is 32.9 Å². The van der Waals surface area contributed by atoms with Gasteiger partial charge in [0.25, 0.3) is 0 Å². The minimum atomic E-state index is -0.685. The largest absolute Gasteiger partial charge is 0.350 e. The predicted molar refractivity (Wildman–Crippen MR) is 79.1 cm³/mol. The van der Waals surface area contributed by atoms with E-state index in [4.69, 9.17) is 9.47 Å². The molecule has 0 aromatic carbocycles. The number of thioether (sulfide) groups is 1. The summed E-state index contributed by atoms with van der Waals surface area (Å²) >= 11 is 1.49. The number of hydrogen-bond acceptors (Lipinski definition) is 8. The second-order valence-electron chi connectivity index (χ2n) is 3.69. The van der Waals surface area contributed by atoms with Crippen molar-refractivity contribution in [3.05, 3.63) is 18.0 Å². The number of ketones is 1. The van der Waals surface area contributed by atoms with Crippen LogP contribution in [0.5, 0.6) is 0 Å². The molecule has 1 aromatic rings. The SMILES string of the molecule is COC(OC)C(C)=O.COC(OC)c1ccnc(SC)n1. The van der Waals surface area contributed by atoms with Crippen molar-refractivity contribution in [2.45, 2.75) is 24.7 Å². The zero-order valence-corrected chi connectivity index (χ0v) is 14.0. The molecule has 0 fully saturated rings. The number of Topliss-reactive ketones (excluding diaryl/α,β-unsaturated/α-hetero) is 1. The lowest BCUT2D eigenvalue weighted by Gasteiger charge is -2.12. The molecule has 21 heavy (non-hydrogen) atoms. The van der Waals surface area contributed by atoms with E-state index in [0.717, 1.165) is 10.9 Å². The van der Waals surface area contributed by atoms with Gasteiger partial charge in [0, 0.05) is 34.6 Å². The average Bonchev–Trinajstić information content (AvgIpc) is 2.50. The summed E-state index contributed by atoms with van der Waals surface area (Å²) in [6.07, 6.45) is 2.52. The number of nitrogens with zero attached hydrogens (tertiary/aromatic N) is 2. The van der Waals surface area contributed by atoms with Gasteiger partial charge in [-0.3, -0.25) is 4.79 Å². The van der Waals surface area contributed by atoms with Crippen molar-refractivity contribution in [1.29, 1.82) is 0 Å². The van der Waals surface area contributed by atoms with Crippen molar-refractivity contribution in [2.24, 2.45) is 0 Å². The van der Waals surface area contributed by atoms with Crippen molar-refractivity contribution in [3.8, 4) is 0 Å². The second-order valence-corrected chi connectivity index (χ2v) is 4.46. The van der Waals surface area contributed by atoms with Gasteiger partial charge in [0.05, 0.1) is 0 Å². The summed E-state index contributed by atoms with van der Waals surface area (Å²) in [6.45, 7) is 1.41. The van der Waals surface area contributed by atoms with Gasteiger partial charge in [-0.05, 0) is 19.2 Å². The Balaban J connectivity index is 0.000000433. The van der Waals surface area contributed by atoms with Gasteiger partial charge >= 0.3 is 0 Å². The highest BCUT2D eigenvalue weighted by Crippen LogP contribution is 2.16. The second kappa shape index (κ2) is 11.6. The molecular weight excluding hydrogens is 296 g/mol. The fourth-order valence-electron chi connectivity index (χ4n) is 1.35. The lowest BCUT2D eigenvalue weighted by molar-refractivity contribution is -0.154. The predicted octanol–water partition coefficient (Wildman–Crippen LogP) is 1.68. The van der Waals surface area contributed by atoms with Crippen molar-refractivity contribution in [3.63, 3.8) is 0 Å². The summed E-state index contributed by atoms with van der Waals surface area (Å²) in [4.78, 5) is 18.6. The van der Waals surface area contributed by atoms with Gasteiger partial charge in [0.2, 0.25) is 12.6 Å². The molecule has 0 aliphatic rings. The van der Waals surface area contributed by atoms with Gasteiger partial charge in [-0.15, -0.1) is 0 Å². The topological polar surface area (TPSA) is 79.8 Å². The molecule has 8 heteroatoms. The molecule has 1 heterocycles. The lowest BCUT2D eigenvalue weighted by Crippen LogP contribution is -2.21. The lowest BCUT2D eigenvalue weighted by atomic mass is 10.4. The van der Waals surface area contributed by atoms with Crippen LogP contribution in [0.25, 0.3) is 0 Å². The van der Waals surface area contributed by atoms with Crippen LogP contribution in [0.3, 0.4) is 0 Å². The van der Waals surface area contributed by atoms with E-state index in [0.29, 0.717) is 0 Å². The van der Waals surface area contributed by atoms with E-state index in [1.54, 1.807) is 26.5 Å². The summed E-state index contributed by atoms with van der Waals surface area (Å²) in [5.41, 5.74) is 0.740. The fraction of sp³-hybridized carbons (Fsp3) is 0.615. The van der Waals surface area contributed by atoms with Crippen LogP contribution < -0.4 is 0 Å². The minimum absolute atomic E-state index is 0.116. The van der Waals surface area contributed by atoms with Crippen LogP contribution in [0.4, 0.5) is 0 Å². The van der Waals surface area contributed by atoms with E-state index in [9.17, 15) is 4.79 Å². The standard InChI is InChI=1S/C8H12N2O2S.C5H10O3/c1-11-7(12-2)6-4-5-9-8(10-6)13-3;1-4(6)5(7-2)8-3/h4-5,7H,1-3H3;5H,1-3H3. The monoisotopic (exact) mass is 318 g/mol. The zero-order valence-electron chi connectivity index (χ0n) is 13.2. The maximum Gasteiger partial charge on any atom is 0.216 e. The summed E-state index contributed by atoms with van der Waals surface area (Å²) in [5, 5.41) is 0.719. The first-order valence-electron chi connectivity index (χ1n) is 6.02. The van der Waals surface area contributed by atoms with Crippen LogP contribution in [-0.4, -0.2) is 56.7 Å². The van der Waals surface area contributed by atoms with Gasteiger partial charge in [0.1, 0.15) is 5.69 Å². The van der Waals surface area contributed by atoms with Crippen molar-refractivity contribution < 1.29 is 23.7 Å². The third kappa shape index (κ3) is 7.49. The van der Waals surface area contributed by atoms with Crippen molar-refractivity contribution >= 4 is 17.5 Å². The van der Waals surface area contributed by atoms with Gasteiger partial charge in [0.15, 0.2) is 10.9 Å². The van der Waals surface area contributed by atoms with E-state index in [2.05, 4.69) is 19.4 Å². The number of aromatic nitrogens is 2. The maximum absolute atomic E-state index is 10.4. The summed E-state index contributed by atoms with van der Waals surface area (Å²) in [5.74, 6) is -0.116. The molecular formula is C13H22N2O5S. The first-order valence-corrected chi connectivity index (χ1v) is 7.25. The highest BCUT2D eigenvalue weighted by atomic mass is 32.2. The molecule has 0 spiro atoms. The van der Waals surface area contributed by atoms with Crippen molar-refractivity contribution in [2.75, 3.05) is 34.7 Å². The van der Waals surface area contributed by atoms with E-state index < -0.39 is 12.6 Å². The van der Waals surface area contributed by atoms with E-state index in [-0.39, 0.29) is 5.78 Å². The van der Waals surface area contributed by atoms with E-state index >= 15 is 0 Å². The molecule has 1 aromatic heterocycles. The summed E-state index contributed by atoms with van der Waals surface area (Å²) in [6, 6.07) is 1.78. The number of ether oxygens (including phenoxy) is 4. The number of rotatable bonds is 7. The molecule has 0 N–H and O–H groups in total. The molecule has 0 saturated carbocycles. The molecule has 0 saturated heterocycles. The van der Waals surface area contributed by atoms with Crippen LogP contribution in [0, 0.1) is 0 Å². The number of hydrogen-bond donors (Lipinski definition) is 0. The Hall–Kier alpha value is -1.06. The molecule has 1 rings (SSSR count). The Morgan fingerprint density at radius 2 is 1.71 bits per heavy atom. The Morgan fingerprint density at radius 1 is 1.14 bits per heavy atom. The number of methoxy groups -OCH3 is 4. The summed E-state index contributed by atoms with van der Waals surface area (Å²) in [7, 11) is 6.01. The van der Waals surface area contributed by atoms with Gasteiger partial charge in [-0.1, -0.05) is 11.8 Å². The molecule has 7 nitrogen and oxygen atoms in total. The van der Waals surface area contributed by atoms with E-state index in [1.807, 2.05) is 6.26 Å². The van der Waals surface area contributed by atoms with Gasteiger partial charge in [-0.2, -0.15) is 0 Å². The maximum atomic E-state index is 10.4. The molecule has 0 bridgehead atoms. The number of carbonyl (C=O) groups excluding carboxylic acids is 1. The highest BCUT2D eigenvalue weighted by Gasteiger charge is 2.10. The highest BCUT2D eigenvalue weighted by molar-refractivity contribution is 7.98. The van der Waals surface area contributed by atoms with Crippen LogP contribution in [-0.2, 0) is 23.7 Å². The average molecular weight is 318 g/mol. The van der Waals surface area contributed by atoms with Crippen molar-refractivity contribution in [1.82, 2.24) is 9.97 Å². The molecule has 0 amide bonds. The minimum Gasteiger partial charge on any atom is -0.350 e. The van der Waals surface area contributed by atoms with Crippen LogP contribution in [0.1, 0.15) is 18.9 Å². The number of carbonyl (C=O) groups is 1. The molecule has 0 radical (unpaired) electrons. The Morgan fingerprint density at radius 3 is 2.05 bits per heavy atom. The van der Waals surface area contributed by atoms with Gasteiger partial charge < -0.3 is 18.9 Å². The molecule has 120 valence electrons. The first kappa shape index (κ1) is 19.9. The quantitative estimate of drug-likeness (QED) is 0.427. The van der Waals surface area contributed by atoms with Crippen LogP contribution in [0.2, 0.25) is 0 Å². The molecule has 0 unspecified atom stereocenters. The Bertz CT molecular complexity index is 411. The normalized spacial score (nSPS) is 10.5. The fourth-order valence-corrected chi connectivity index (χ4v) is 1.71. The Kier molecular flexibility index (Phi) is 11.0. The summed E-state index contributed by atoms with van der Waals surface area (Å²) < 4.78 is 19.3.